The Balaban J connectivity index is 1.87. The molecule has 0 aliphatic carbocycles. The van der Waals surface area contributed by atoms with E-state index in [4.69, 9.17) is 14.5 Å². The average Bonchev–Trinajstić information content (AvgIpc) is 2.74. The summed E-state index contributed by atoms with van der Waals surface area (Å²) in [4.78, 5) is 11.1. The lowest BCUT2D eigenvalue weighted by Gasteiger charge is -2.27. The summed E-state index contributed by atoms with van der Waals surface area (Å²) in [5, 5.41) is 0. The van der Waals surface area contributed by atoms with Gasteiger partial charge in [0.25, 0.3) is 0 Å². The number of hydrogen-bond acceptors (Lipinski definition) is 3. The van der Waals surface area contributed by atoms with Crippen LogP contribution >= 0.6 is 0 Å². The van der Waals surface area contributed by atoms with Gasteiger partial charge in [0.05, 0.1) is 6.61 Å². The van der Waals surface area contributed by atoms with Crippen LogP contribution in [0.5, 0.6) is 0 Å². The van der Waals surface area contributed by atoms with Gasteiger partial charge in [-0.3, -0.25) is 0 Å². The highest BCUT2D eigenvalue weighted by Crippen LogP contribution is 2.30. The molecule has 1 rings (SSSR count). The van der Waals surface area contributed by atoms with Crippen LogP contribution in [0.4, 0.5) is 0 Å². The molecule has 1 fully saturated rings. The molecule has 0 saturated carbocycles. The molecule has 0 amide bonds. The zero-order valence-electron chi connectivity index (χ0n) is 18.2. The van der Waals surface area contributed by atoms with E-state index in [1.54, 1.807) is 0 Å². The fourth-order valence-corrected chi connectivity index (χ4v) is 3.64. The van der Waals surface area contributed by atoms with Gasteiger partial charge in [-0.25, -0.2) is 9.78 Å². The Morgan fingerprint density at radius 1 is 0.615 bits per heavy atom. The first-order chi connectivity index (χ1) is 12.5. The van der Waals surface area contributed by atoms with Crippen molar-refractivity contribution in [3.05, 3.63) is 0 Å². The minimum absolute atomic E-state index is 0.190. The lowest BCUT2D eigenvalue weighted by molar-refractivity contribution is -0.437. The molecule has 26 heavy (non-hydrogen) atoms. The summed E-state index contributed by atoms with van der Waals surface area (Å²) < 4.78 is 5.66. The lowest BCUT2D eigenvalue weighted by atomic mass is 9.94. The molecular formula is C23H46O3. The Morgan fingerprint density at radius 3 is 1.58 bits per heavy atom. The summed E-state index contributed by atoms with van der Waals surface area (Å²) in [5.41, 5.74) is -0.190. The molecule has 1 heterocycles. The van der Waals surface area contributed by atoms with Gasteiger partial charge in [0, 0.05) is 6.42 Å². The molecule has 156 valence electrons. The molecule has 0 spiro atoms. The normalized spacial score (nSPS) is 23.1. The van der Waals surface area contributed by atoms with Crippen molar-refractivity contribution in [2.75, 3.05) is 6.61 Å². The largest absolute Gasteiger partial charge is 0.348 e. The molecule has 0 bridgehead atoms. The average molecular weight is 371 g/mol. The standard InChI is InChI=1S/C23H46O3/c1-5-6-7-8-9-10-11-12-13-14-15-16-17-18-19-23(4)20-21-24-22(2,3)25-26-23/h5-21H2,1-4H3/t23-/m0/s1. The van der Waals surface area contributed by atoms with Crippen LogP contribution in [0.15, 0.2) is 0 Å². The fourth-order valence-electron chi connectivity index (χ4n) is 3.64. The summed E-state index contributed by atoms with van der Waals surface area (Å²) in [6.45, 7) is 8.97. The second kappa shape index (κ2) is 14.0. The van der Waals surface area contributed by atoms with Crippen molar-refractivity contribution in [1.29, 1.82) is 0 Å². The second-order valence-electron chi connectivity index (χ2n) is 8.96. The number of rotatable bonds is 15. The van der Waals surface area contributed by atoms with E-state index in [0.29, 0.717) is 6.61 Å². The highest BCUT2D eigenvalue weighted by atomic mass is 17.2. The molecule has 0 aromatic carbocycles. The molecule has 0 N–H and O–H groups in total. The summed E-state index contributed by atoms with van der Waals surface area (Å²) in [5.74, 6) is -0.618. The molecule has 3 nitrogen and oxygen atoms in total. The molecule has 1 saturated heterocycles. The van der Waals surface area contributed by atoms with Crippen LogP contribution in [0, 0.1) is 0 Å². The van der Waals surface area contributed by atoms with Crippen molar-refractivity contribution in [1.82, 2.24) is 0 Å². The summed E-state index contributed by atoms with van der Waals surface area (Å²) in [6, 6.07) is 0. The Labute approximate surface area is 163 Å². The second-order valence-corrected chi connectivity index (χ2v) is 8.96. The maximum Gasteiger partial charge on any atom is 0.195 e. The van der Waals surface area contributed by atoms with Crippen LogP contribution in [0.25, 0.3) is 0 Å². The van der Waals surface area contributed by atoms with Gasteiger partial charge in [0.1, 0.15) is 5.60 Å². The quantitative estimate of drug-likeness (QED) is 0.218. The van der Waals surface area contributed by atoms with E-state index in [9.17, 15) is 0 Å². The number of hydrogen-bond donors (Lipinski definition) is 0. The Hall–Kier alpha value is -0.120. The third-order valence-corrected chi connectivity index (χ3v) is 5.58. The van der Waals surface area contributed by atoms with Crippen molar-refractivity contribution in [3.63, 3.8) is 0 Å². The van der Waals surface area contributed by atoms with Crippen molar-refractivity contribution in [2.45, 2.75) is 142 Å². The Kier molecular flexibility index (Phi) is 12.8. The van der Waals surface area contributed by atoms with E-state index >= 15 is 0 Å². The molecule has 0 radical (unpaired) electrons. The highest BCUT2D eigenvalue weighted by Gasteiger charge is 2.34. The van der Waals surface area contributed by atoms with Crippen molar-refractivity contribution < 1.29 is 14.5 Å². The summed E-state index contributed by atoms with van der Waals surface area (Å²) in [6.07, 6.45) is 21.5. The first-order valence-corrected chi connectivity index (χ1v) is 11.5. The predicted octanol–water partition coefficient (Wildman–Crippen LogP) is 7.72. The van der Waals surface area contributed by atoms with Crippen LogP contribution in [-0.4, -0.2) is 18.0 Å². The SMILES string of the molecule is CCCCCCCCCCCCCCCC[C@@]1(C)CCOC(C)(C)OO1. The third-order valence-electron chi connectivity index (χ3n) is 5.58. The first kappa shape index (κ1) is 23.9. The highest BCUT2D eigenvalue weighted by molar-refractivity contribution is 4.76. The van der Waals surface area contributed by atoms with Gasteiger partial charge < -0.3 is 4.74 Å². The monoisotopic (exact) mass is 370 g/mol. The minimum Gasteiger partial charge on any atom is -0.348 e. The molecule has 0 aromatic heterocycles. The van der Waals surface area contributed by atoms with E-state index < -0.39 is 5.79 Å². The van der Waals surface area contributed by atoms with Gasteiger partial charge in [0.2, 0.25) is 0 Å². The molecule has 3 heteroatoms. The topological polar surface area (TPSA) is 27.7 Å². The number of unbranched alkanes of at least 4 members (excludes halogenated alkanes) is 13. The minimum atomic E-state index is -0.618. The summed E-state index contributed by atoms with van der Waals surface area (Å²) in [7, 11) is 0. The zero-order valence-corrected chi connectivity index (χ0v) is 18.2. The fraction of sp³-hybridized carbons (Fsp3) is 1.00. The summed E-state index contributed by atoms with van der Waals surface area (Å²) >= 11 is 0. The van der Waals surface area contributed by atoms with Gasteiger partial charge in [-0.1, -0.05) is 96.8 Å². The van der Waals surface area contributed by atoms with E-state index in [2.05, 4.69) is 13.8 Å². The third kappa shape index (κ3) is 12.3. The van der Waals surface area contributed by atoms with Gasteiger partial charge in [-0.15, -0.1) is 0 Å². The molecule has 0 unspecified atom stereocenters. The van der Waals surface area contributed by atoms with Crippen LogP contribution in [0.3, 0.4) is 0 Å². The van der Waals surface area contributed by atoms with E-state index in [-0.39, 0.29) is 5.60 Å². The first-order valence-electron chi connectivity index (χ1n) is 11.5. The molecule has 1 aliphatic heterocycles. The van der Waals surface area contributed by atoms with Crippen LogP contribution in [0.1, 0.15) is 130 Å². The van der Waals surface area contributed by atoms with E-state index in [0.717, 1.165) is 12.8 Å². The van der Waals surface area contributed by atoms with Gasteiger partial charge in [-0.2, -0.15) is 0 Å². The van der Waals surface area contributed by atoms with Crippen molar-refractivity contribution in [3.8, 4) is 0 Å². The Morgan fingerprint density at radius 2 is 1.08 bits per heavy atom. The van der Waals surface area contributed by atoms with Crippen LogP contribution in [0.2, 0.25) is 0 Å². The predicted molar refractivity (Wildman–Crippen MR) is 110 cm³/mol. The number of ether oxygens (including phenoxy) is 1. The maximum absolute atomic E-state index is 5.69. The van der Waals surface area contributed by atoms with E-state index in [1.165, 1.54) is 89.9 Å². The van der Waals surface area contributed by atoms with Crippen molar-refractivity contribution in [2.24, 2.45) is 0 Å². The molecule has 1 atom stereocenters. The maximum atomic E-state index is 5.69. The van der Waals surface area contributed by atoms with Crippen LogP contribution in [-0.2, 0) is 14.5 Å². The van der Waals surface area contributed by atoms with Crippen LogP contribution < -0.4 is 0 Å². The van der Waals surface area contributed by atoms with Gasteiger partial charge in [0.15, 0.2) is 5.79 Å². The van der Waals surface area contributed by atoms with Gasteiger partial charge in [-0.05, 0) is 27.2 Å². The molecular weight excluding hydrogens is 324 g/mol. The van der Waals surface area contributed by atoms with Crippen molar-refractivity contribution >= 4 is 0 Å². The zero-order chi connectivity index (χ0) is 19.1. The lowest BCUT2D eigenvalue weighted by Crippen LogP contribution is -2.31. The Bertz CT molecular complexity index is 329. The molecule has 1 aliphatic rings. The van der Waals surface area contributed by atoms with Gasteiger partial charge >= 0.3 is 0 Å². The smallest absolute Gasteiger partial charge is 0.195 e. The molecule has 0 aromatic rings. The van der Waals surface area contributed by atoms with E-state index in [1.807, 2.05) is 13.8 Å².